The topological polar surface area (TPSA) is 29.1 Å². The van der Waals surface area contributed by atoms with Crippen LogP contribution >= 0.6 is 11.6 Å². The molecule has 0 fully saturated rings. The third kappa shape index (κ3) is 3.83. The van der Waals surface area contributed by atoms with Gasteiger partial charge in [0.2, 0.25) is 5.91 Å². The van der Waals surface area contributed by atoms with Crippen molar-refractivity contribution in [3.63, 3.8) is 0 Å². The lowest BCUT2D eigenvalue weighted by atomic mass is 10.1. The molecule has 2 nitrogen and oxygen atoms in total. The summed E-state index contributed by atoms with van der Waals surface area (Å²) in [6, 6.07) is 13.4. The van der Waals surface area contributed by atoms with Gasteiger partial charge in [0, 0.05) is 10.7 Å². The first kappa shape index (κ1) is 13.6. The number of carbonyl (C=O) groups excluding carboxylic acids is 1. The van der Waals surface area contributed by atoms with Gasteiger partial charge in [-0.3, -0.25) is 4.79 Å². The number of amides is 1. The van der Waals surface area contributed by atoms with E-state index in [2.05, 4.69) is 5.32 Å². The Hall–Kier alpha value is -1.80. The number of rotatable bonds is 3. The molecule has 0 spiro atoms. The van der Waals surface area contributed by atoms with Crippen LogP contribution in [0.4, 0.5) is 5.69 Å². The van der Waals surface area contributed by atoms with Crippen molar-refractivity contribution in [1.29, 1.82) is 0 Å². The minimum absolute atomic E-state index is 0.0192. The molecule has 0 atom stereocenters. The van der Waals surface area contributed by atoms with Crippen molar-refractivity contribution < 1.29 is 4.79 Å². The zero-order valence-corrected chi connectivity index (χ0v) is 11.8. The second kappa shape index (κ2) is 5.89. The van der Waals surface area contributed by atoms with Crippen LogP contribution in [0.25, 0.3) is 0 Å². The lowest BCUT2D eigenvalue weighted by molar-refractivity contribution is -0.115. The van der Waals surface area contributed by atoms with E-state index in [1.807, 2.05) is 50.2 Å². The fourth-order valence-electron chi connectivity index (χ4n) is 1.85. The molecule has 0 unspecified atom stereocenters. The SMILES string of the molecule is Cc1ccc(CC(=O)Nc2ccc(Cl)cc2C)cc1. The summed E-state index contributed by atoms with van der Waals surface area (Å²) in [4.78, 5) is 12.0. The third-order valence-corrected chi connectivity index (χ3v) is 3.18. The summed E-state index contributed by atoms with van der Waals surface area (Å²) in [6.45, 7) is 3.95. The number of aryl methyl sites for hydroxylation is 2. The fourth-order valence-corrected chi connectivity index (χ4v) is 2.08. The summed E-state index contributed by atoms with van der Waals surface area (Å²) in [7, 11) is 0. The first-order valence-corrected chi connectivity index (χ1v) is 6.54. The molecule has 0 saturated carbocycles. The van der Waals surface area contributed by atoms with Crippen LogP contribution in [0.2, 0.25) is 5.02 Å². The van der Waals surface area contributed by atoms with E-state index >= 15 is 0 Å². The predicted molar refractivity (Wildman–Crippen MR) is 79.7 cm³/mol. The predicted octanol–water partition coefficient (Wildman–Crippen LogP) is 4.14. The lowest BCUT2D eigenvalue weighted by Crippen LogP contribution is -2.15. The Morgan fingerprint density at radius 1 is 1.11 bits per heavy atom. The highest BCUT2D eigenvalue weighted by Gasteiger charge is 2.06. The fraction of sp³-hybridized carbons (Fsp3) is 0.188. The molecule has 0 aromatic heterocycles. The minimum Gasteiger partial charge on any atom is -0.326 e. The van der Waals surface area contributed by atoms with Crippen LogP contribution in [0.15, 0.2) is 42.5 Å². The van der Waals surface area contributed by atoms with Gasteiger partial charge in [-0.1, -0.05) is 41.4 Å². The number of carbonyl (C=O) groups is 1. The number of hydrogen-bond acceptors (Lipinski definition) is 1. The van der Waals surface area contributed by atoms with Gasteiger partial charge in [0.1, 0.15) is 0 Å². The van der Waals surface area contributed by atoms with Crippen LogP contribution in [0.5, 0.6) is 0 Å². The van der Waals surface area contributed by atoms with Gasteiger partial charge >= 0.3 is 0 Å². The van der Waals surface area contributed by atoms with Crippen molar-refractivity contribution in [3.05, 3.63) is 64.2 Å². The van der Waals surface area contributed by atoms with Gasteiger partial charge in [0.05, 0.1) is 6.42 Å². The van der Waals surface area contributed by atoms with E-state index in [-0.39, 0.29) is 5.91 Å². The van der Waals surface area contributed by atoms with Crippen LogP contribution in [-0.4, -0.2) is 5.91 Å². The molecule has 98 valence electrons. The quantitative estimate of drug-likeness (QED) is 0.895. The summed E-state index contributed by atoms with van der Waals surface area (Å²) in [5.74, 6) is -0.0192. The second-order valence-electron chi connectivity index (χ2n) is 4.67. The molecule has 2 rings (SSSR count). The summed E-state index contributed by atoms with van der Waals surface area (Å²) in [5.41, 5.74) is 3.97. The maximum Gasteiger partial charge on any atom is 0.228 e. The first-order chi connectivity index (χ1) is 9.04. The van der Waals surface area contributed by atoms with Gasteiger partial charge in [-0.2, -0.15) is 0 Å². The summed E-state index contributed by atoms with van der Waals surface area (Å²) in [5, 5.41) is 3.58. The highest BCUT2D eigenvalue weighted by Crippen LogP contribution is 2.19. The van der Waals surface area contributed by atoms with Crippen LogP contribution in [-0.2, 0) is 11.2 Å². The molecule has 0 bridgehead atoms. The van der Waals surface area contributed by atoms with Crippen molar-refractivity contribution in [2.24, 2.45) is 0 Å². The molecule has 2 aromatic carbocycles. The van der Waals surface area contributed by atoms with E-state index in [0.29, 0.717) is 11.4 Å². The Kier molecular flexibility index (Phi) is 4.23. The Morgan fingerprint density at radius 3 is 2.42 bits per heavy atom. The molecule has 1 N–H and O–H groups in total. The highest BCUT2D eigenvalue weighted by molar-refractivity contribution is 6.30. The first-order valence-electron chi connectivity index (χ1n) is 6.16. The number of hydrogen-bond donors (Lipinski definition) is 1. The third-order valence-electron chi connectivity index (χ3n) is 2.95. The van der Waals surface area contributed by atoms with Crippen molar-refractivity contribution in [1.82, 2.24) is 0 Å². The maximum absolute atomic E-state index is 12.0. The van der Waals surface area contributed by atoms with Crippen molar-refractivity contribution in [2.45, 2.75) is 20.3 Å². The zero-order chi connectivity index (χ0) is 13.8. The Balaban J connectivity index is 2.03. The number of nitrogens with one attached hydrogen (secondary N) is 1. The Labute approximate surface area is 118 Å². The van der Waals surface area contributed by atoms with Gasteiger partial charge in [-0.05, 0) is 43.2 Å². The van der Waals surface area contributed by atoms with Crippen LogP contribution in [0.1, 0.15) is 16.7 Å². The highest BCUT2D eigenvalue weighted by atomic mass is 35.5. The minimum atomic E-state index is -0.0192. The number of halogens is 1. The standard InChI is InChI=1S/C16H16ClNO/c1-11-3-5-13(6-4-11)10-16(19)18-15-8-7-14(17)9-12(15)2/h3-9H,10H2,1-2H3,(H,18,19). The molecule has 0 aliphatic carbocycles. The summed E-state index contributed by atoms with van der Waals surface area (Å²) >= 11 is 5.89. The van der Waals surface area contributed by atoms with Crippen LogP contribution in [0, 0.1) is 13.8 Å². The second-order valence-corrected chi connectivity index (χ2v) is 5.11. The molecule has 0 saturated heterocycles. The Bertz CT molecular complexity index is 590. The summed E-state index contributed by atoms with van der Waals surface area (Å²) in [6.07, 6.45) is 0.377. The van der Waals surface area contributed by atoms with Gasteiger partial charge in [-0.25, -0.2) is 0 Å². The van der Waals surface area contributed by atoms with E-state index in [9.17, 15) is 4.79 Å². The van der Waals surface area contributed by atoms with Crippen molar-refractivity contribution in [3.8, 4) is 0 Å². The van der Waals surface area contributed by atoms with Gasteiger partial charge in [-0.15, -0.1) is 0 Å². The van der Waals surface area contributed by atoms with E-state index in [1.165, 1.54) is 5.56 Å². The van der Waals surface area contributed by atoms with E-state index in [1.54, 1.807) is 6.07 Å². The molecule has 2 aromatic rings. The van der Waals surface area contributed by atoms with Crippen LogP contribution < -0.4 is 5.32 Å². The van der Waals surface area contributed by atoms with E-state index in [4.69, 9.17) is 11.6 Å². The van der Waals surface area contributed by atoms with Gasteiger partial charge in [0.25, 0.3) is 0 Å². The van der Waals surface area contributed by atoms with Gasteiger partial charge < -0.3 is 5.32 Å². The average molecular weight is 274 g/mol. The lowest BCUT2D eigenvalue weighted by Gasteiger charge is -2.09. The molecule has 0 radical (unpaired) electrons. The molecule has 19 heavy (non-hydrogen) atoms. The molecule has 1 amide bonds. The molecular formula is C16H16ClNO. The van der Waals surface area contributed by atoms with E-state index in [0.717, 1.165) is 16.8 Å². The normalized spacial score (nSPS) is 10.3. The molecule has 3 heteroatoms. The maximum atomic E-state index is 12.0. The zero-order valence-electron chi connectivity index (χ0n) is 11.0. The largest absolute Gasteiger partial charge is 0.326 e. The number of benzene rings is 2. The Morgan fingerprint density at radius 2 is 1.79 bits per heavy atom. The van der Waals surface area contributed by atoms with Crippen molar-refractivity contribution in [2.75, 3.05) is 5.32 Å². The van der Waals surface area contributed by atoms with Gasteiger partial charge in [0.15, 0.2) is 0 Å². The van der Waals surface area contributed by atoms with E-state index < -0.39 is 0 Å². The molecule has 0 heterocycles. The summed E-state index contributed by atoms with van der Waals surface area (Å²) < 4.78 is 0. The average Bonchev–Trinajstić information content (AvgIpc) is 2.36. The van der Waals surface area contributed by atoms with Crippen molar-refractivity contribution >= 4 is 23.2 Å². The number of anilines is 1. The molecule has 0 aliphatic heterocycles. The van der Waals surface area contributed by atoms with Crippen LogP contribution in [0.3, 0.4) is 0 Å². The molecular weight excluding hydrogens is 258 g/mol. The monoisotopic (exact) mass is 273 g/mol. The smallest absolute Gasteiger partial charge is 0.228 e. The molecule has 0 aliphatic rings.